The van der Waals surface area contributed by atoms with Gasteiger partial charge in [0.05, 0.1) is 18.5 Å². The van der Waals surface area contributed by atoms with Gasteiger partial charge < -0.3 is 19.3 Å². The van der Waals surface area contributed by atoms with Gasteiger partial charge in [-0.05, 0) is 54.8 Å². The number of piperazine rings is 1. The van der Waals surface area contributed by atoms with Gasteiger partial charge in [-0.15, -0.1) is 0 Å². The first-order chi connectivity index (χ1) is 15.4. The van der Waals surface area contributed by atoms with Gasteiger partial charge in [0.25, 0.3) is 5.91 Å². The molecular weight excluding hydrogens is 425 g/mol. The number of nitrogens with zero attached hydrogens (tertiary/aromatic N) is 2. The molecule has 0 unspecified atom stereocenters. The number of nitrogens with one attached hydrogen (secondary N) is 1. The monoisotopic (exact) mass is 453 g/mol. The largest absolute Gasteiger partial charge is 0.495 e. The van der Waals surface area contributed by atoms with Crippen LogP contribution in [-0.2, 0) is 0 Å². The maximum Gasteiger partial charge on any atom is 0.254 e. The second-order valence-electron chi connectivity index (χ2n) is 7.35. The number of halogens is 1. The number of hydrogen-bond donors (Lipinski definition) is 1. The molecule has 0 atom stereocenters. The number of benzene rings is 2. The Labute approximate surface area is 193 Å². The minimum atomic E-state index is -0.575. The molecule has 3 rings (SSSR count). The van der Waals surface area contributed by atoms with E-state index < -0.39 is 5.83 Å². The number of allylic oxidation sites excluding steroid dienone is 3. The van der Waals surface area contributed by atoms with Crippen molar-refractivity contribution in [3.63, 3.8) is 0 Å². The third-order valence-corrected chi connectivity index (χ3v) is 6.10. The maximum absolute atomic E-state index is 13.5. The molecule has 5 nitrogen and oxygen atoms in total. The number of ether oxygens (including phenoxy) is 1. The van der Waals surface area contributed by atoms with Crippen LogP contribution in [-0.4, -0.2) is 44.1 Å². The summed E-state index contributed by atoms with van der Waals surface area (Å²) in [6.07, 6.45) is 3.00. The van der Waals surface area contributed by atoms with Crippen molar-refractivity contribution >= 4 is 23.5 Å². The number of para-hydroxylation sites is 2. The van der Waals surface area contributed by atoms with Crippen LogP contribution < -0.4 is 14.4 Å². The van der Waals surface area contributed by atoms with Crippen molar-refractivity contribution in [3.8, 4) is 5.75 Å². The number of aryl methyl sites for hydroxylation is 1. The molecule has 1 aliphatic rings. The zero-order valence-corrected chi connectivity index (χ0v) is 19.3. The molecule has 32 heavy (non-hydrogen) atoms. The highest BCUT2D eigenvalue weighted by molar-refractivity contribution is 7.97. The van der Waals surface area contributed by atoms with E-state index in [-0.39, 0.29) is 11.6 Å². The van der Waals surface area contributed by atoms with E-state index in [0.717, 1.165) is 35.0 Å². The fraction of sp³-hybridized carbons (Fsp3) is 0.240. The zero-order chi connectivity index (χ0) is 23.1. The first-order valence-electron chi connectivity index (χ1n) is 10.3. The van der Waals surface area contributed by atoms with Crippen molar-refractivity contribution in [1.82, 2.24) is 9.62 Å². The summed E-state index contributed by atoms with van der Waals surface area (Å²) in [5.41, 5.74) is 2.84. The van der Waals surface area contributed by atoms with Crippen LogP contribution in [0.4, 0.5) is 10.1 Å². The Morgan fingerprint density at radius 2 is 1.91 bits per heavy atom. The molecule has 1 N–H and O–H groups in total. The second-order valence-corrected chi connectivity index (χ2v) is 8.23. The highest BCUT2D eigenvalue weighted by Crippen LogP contribution is 2.29. The lowest BCUT2D eigenvalue weighted by Crippen LogP contribution is -2.49. The lowest BCUT2D eigenvalue weighted by molar-refractivity contribution is 0.0745. The molecular formula is C25H28FN3O2S. The fourth-order valence-corrected chi connectivity index (χ4v) is 4.24. The Balaban J connectivity index is 1.67. The lowest BCUT2D eigenvalue weighted by atomic mass is 10.1. The van der Waals surface area contributed by atoms with Crippen molar-refractivity contribution in [1.29, 1.82) is 0 Å². The molecule has 1 saturated heterocycles. The second kappa shape index (κ2) is 10.9. The van der Waals surface area contributed by atoms with E-state index >= 15 is 0 Å². The lowest BCUT2D eigenvalue weighted by Gasteiger charge is -2.36. The topological polar surface area (TPSA) is 44.8 Å². The smallest absolute Gasteiger partial charge is 0.254 e. The Kier molecular flexibility index (Phi) is 8.00. The van der Waals surface area contributed by atoms with Gasteiger partial charge in [0.2, 0.25) is 0 Å². The van der Waals surface area contributed by atoms with E-state index in [1.807, 2.05) is 54.3 Å². The van der Waals surface area contributed by atoms with Gasteiger partial charge in [0.15, 0.2) is 0 Å². The average molecular weight is 454 g/mol. The third-order valence-electron chi connectivity index (χ3n) is 5.29. The van der Waals surface area contributed by atoms with Gasteiger partial charge in [-0.25, -0.2) is 4.39 Å². The van der Waals surface area contributed by atoms with Gasteiger partial charge in [-0.2, -0.15) is 0 Å². The average Bonchev–Trinajstić information content (AvgIpc) is 2.82. The molecule has 1 heterocycles. The van der Waals surface area contributed by atoms with Gasteiger partial charge in [0, 0.05) is 36.6 Å². The molecule has 0 aliphatic carbocycles. The van der Waals surface area contributed by atoms with Crippen LogP contribution in [0.25, 0.3) is 0 Å². The van der Waals surface area contributed by atoms with Crippen molar-refractivity contribution in [2.45, 2.75) is 11.8 Å². The van der Waals surface area contributed by atoms with Gasteiger partial charge in [-0.1, -0.05) is 37.4 Å². The quantitative estimate of drug-likeness (QED) is 0.444. The fourth-order valence-electron chi connectivity index (χ4n) is 3.52. The molecule has 1 amide bonds. The maximum atomic E-state index is 13.5. The summed E-state index contributed by atoms with van der Waals surface area (Å²) in [6.45, 7) is 11.5. The van der Waals surface area contributed by atoms with Gasteiger partial charge >= 0.3 is 0 Å². The molecule has 0 radical (unpaired) electrons. The first kappa shape index (κ1) is 23.5. The first-order valence-corrected chi connectivity index (χ1v) is 11.1. The highest BCUT2D eigenvalue weighted by atomic mass is 32.2. The molecule has 0 bridgehead atoms. The summed E-state index contributed by atoms with van der Waals surface area (Å²) >= 11 is 1.23. The Morgan fingerprint density at radius 1 is 1.19 bits per heavy atom. The van der Waals surface area contributed by atoms with Gasteiger partial charge in [-0.3, -0.25) is 4.79 Å². The summed E-state index contributed by atoms with van der Waals surface area (Å²) in [7, 11) is 1.67. The normalized spacial score (nSPS) is 14.2. The Bertz CT molecular complexity index is 1030. The standard InChI is InChI=1S/C25H28FN3O2S/c1-5-8-22(19(3)26)27-32-20-12-11-18(2)21(17-20)25(30)29-15-13-28(14-16-29)23-9-6-7-10-24(23)31-4/h5-12,17,27H,1,3,13-16H2,2,4H3/b22-8+. The van der Waals surface area contributed by atoms with Crippen LogP contribution in [0.3, 0.4) is 0 Å². The van der Waals surface area contributed by atoms with Crippen LogP contribution in [0.1, 0.15) is 15.9 Å². The summed E-state index contributed by atoms with van der Waals surface area (Å²) in [5, 5.41) is 0. The van der Waals surface area contributed by atoms with E-state index in [9.17, 15) is 9.18 Å². The number of anilines is 1. The summed E-state index contributed by atoms with van der Waals surface area (Å²) in [6, 6.07) is 13.6. The van der Waals surface area contributed by atoms with E-state index in [1.54, 1.807) is 7.11 Å². The predicted molar refractivity (Wildman–Crippen MR) is 130 cm³/mol. The van der Waals surface area contributed by atoms with Crippen molar-refractivity contribution in [2.24, 2.45) is 0 Å². The summed E-state index contributed by atoms with van der Waals surface area (Å²) < 4.78 is 21.9. The SMILES string of the molecule is C=C/C=C(/NSc1ccc(C)c(C(=O)N2CCN(c3ccccc3OC)CC2)c1)C(=C)F. The number of amides is 1. The Morgan fingerprint density at radius 3 is 2.56 bits per heavy atom. The number of rotatable bonds is 8. The van der Waals surface area contributed by atoms with E-state index in [0.29, 0.717) is 18.7 Å². The van der Waals surface area contributed by atoms with Crippen LogP contribution >= 0.6 is 11.9 Å². The summed E-state index contributed by atoms with van der Waals surface area (Å²) in [5.74, 6) is 0.260. The number of carbonyl (C=O) groups excluding carboxylic acids is 1. The molecule has 1 fully saturated rings. The molecule has 7 heteroatoms. The number of hydrogen-bond acceptors (Lipinski definition) is 5. The molecule has 168 valence electrons. The number of carbonyl (C=O) groups is 1. The minimum absolute atomic E-state index is 0.00128. The van der Waals surface area contributed by atoms with Crippen molar-refractivity contribution in [3.05, 3.63) is 90.4 Å². The molecule has 0 spiro atoms. The van der Waals surface area contributed by atoms with Gasteiger partial charge in [0.1, 0.15) is 11.6 Å². The van der Waals surface area contributed by atoms with Crippen LogP contribution in [0.2, 0.25) is 0 Å². The van der Waals surface area contributed by atoms with E-state index in [4.69, 9.17) is 4.74 Å². The van der Waals surface area contributed by atoms with E-state index in [1.165, 1.54) is 24.1 Å². The van der Waals surface area contributed by atoms with Crippen molar-refractivity contribution in [2.75, 3.05) is 38.2 Å². The van der Waals surface area contributed by atoms with Crippen LogP contribution in [0, 0.1) is 6.92 Å². The molecule has 0 saturated carbocycles. The Hall–Kier alpha value is -3.19. The molecule has 0 aromatic heterocycles. The number of methoxy groups -OCH3 is 1. The molecule has 1 aliphatic heterocycles. The minimum Gasteiger partial charge on any atom is -0.495 e. The predicted octanol–water partition coefficient (Wildman–Crippen LogP) is 5.12. The summed E-state index contributed by atoms with van der Waals surface area (Å²) in [4.78, 5) is 18.2. The third kappa shape index (κ3) is 5.53. The van der Waals surface area contributed by atoms with Crippen LogP contribution in [0.5, 0.6) is 5.75 Å². The van der Waals surface area contributed by atoms with E-state index in [2.05, 4.69) is 22.8 Å². The zero-order valence-electron chi connectivity index (χ0n) is 18.4. The highest BCUT2D eigenvalue weighted by Gasteiger charge is 2.24. The van der Waals surface area contributed by atoms with Crippen molar-refractivity contribution < 1.29 is 13.9 Å². The van der Waals surface area contributed by atoms with Crippen LogP contribution in [0.15, 0.2) is 84.2 Å². The molecule has 2 aromatic carbocycles. The molecule has 2 aromatic rings.